The number of thiophene rings is 1. The zero-order chi connectivity index (χ0) is 22.7. The monoisotopic (exact) mass is 487 g/mol. The van der Waals surface area contributed by atoms with Gasteiger partial charge in [-0.1, -0.05) is 54.7 Å². The van der Waals surface area contributed by atoms with Crippen LogP contribution in [0.2, 0.25) is 5.02 Å². The third-order valence-corrected chi connectivity index (χ3v) is 7.24. The molecule has 1 fully saturated rings. The van der Waals surface area contributed by atoms with Gasteiger partial charge < -0.3 is 9.47 Å². The number of Topliss-reactive ketones (excluding diaryl/α,β-unsaturated/α-hetero) is 1. The predicted octanol–water partition coefficient (Wildman–Crippen LogP) is 5.10. The van der Waals surface area contributed by atoms with Crippen LogP contribution in [-0.4, -0.2) is 36.3 Å². The smallest absolute Gasteiger partial charge is 0.248 e. The standard InChI is InChI=1S/C24H22ClNO4S2/c1-29-11-12-30-18-8-6-16(7-9-18)24(17-10-13-32-15-17)14-21(27)22(23(28)26(24)31)19-4-2-3-5-20(19)25/h2-10,13,15,22,31H,11-12,14H2,1H3. The lowest BCUT2D eigenvalue weighted by atomic mass is 9.73. The number of rotatable bonds is 7. The molecule has 4 rings (SSSR count). The lowest BCUT2D eigenvalue weighted by Crippen LogP contribution is -2.54. The quantitative estimate of drug-likeness (QED) is 0.286. The van der Waals surface area contributed by atoms with Crippen LogP contribution >= 0.6 is 35.8 Å². The van der Waals surface area contributed by atoms with Crippen LogP contribution in [0, 0.1) is 0 Å². The van der Waals surface area contributed by atoms with Crippen molar-refractivity contribution in [2.45, 2.75) is 17.9 Å². The van der Waals surface area contributed by atoms with Gasteiger partial charge in [-0.05, 0) is 51.7 Å². The summed E-state index contributed by atoms with van der Waals surface area (Å²) in [5.74, 6) is -0.895. The number of benzene rings is 2. The molecule has 2 heterocycles. The first-order valence-corrected chi connectivity index (χ1v) is 11.8. The summed E-state index contributed by atoms with van der Waals surface area (Å²) in [6.45, 7) is 0.915. The number of halogens is 1. The highest BCUT2D eigenvalue weighted by Crippen LogP contribution is 2.48. The molecule has 8 heteroatoms. The zero-order valence-electron chi connectivity index (χ0n) is 17.4. The van der Waals surface area contributed by atoms with Gasteiger partial charge in [-0.3, -0.25) is 13.9 Å². The number of hydrogen-bond acceptors (Lipinski definition) is 6. The SMILES string of the molecule is COCCOc1ccc(C2(c3ccsc3)CC(=O)C(c3ccccc3Cl)C(=O)N2S)cc1. The Morgan fingerprint density at radius 1 is 1.09 bits per heavy atom. The van der Waals surface area contributed by atoms with Gasteiger partial charge in [-0.25, -0.2) is 0 Å². The van der Waals surface area contributed by atoms with Gasteiger partial charge in [0.15, 0.2) is 5.78 Å². The maximum absolute atomic E-state index is 13.5. The summed E-state index contributed by atoms with van der Waals surface area (Å²) in [7, 11) is 1.62. The molecule has 2 aromatic carbocycles. The average molecular weight is 488 g/mol. The highest BCUT2D eigenvalue weighted by atomic mass is 35.5. The number of methoxy groups -OCH3 is 1. The van der Waals surface area contributed by atoms with Gasteiger partial charge in [0.2, 0.25) is 5.91 Å². The van der Waals surface area contributed by atoms with E-state index in [2.05, 4.69) is 12.8 Å². The Morgan fingerprint density at radius 2 is 1.84 bits per heavy atom. The fourth-order valence-electron chi connectivity index (χ4n) is 4.08. The molecule has 0 radical (unpaired) electrons. The number of thiol groups is 1. The van der Waals surface area contributed by atoms with Crippen LogP contribution in [0.4, 0.5) is 0 Å². The molecule has 1 aromatic heterocycles. The van der Waals surface area contributed by atoms with Crippen molar-refractivity contribution < 1.29 is 19.1 Å². The Morgan fingerprint density at radius 3 is 2.50 bits per heavy atom. The van der Waals surface area contributed by atoms with E-state index in [0.717, 1.165) is 11.1 Å². The Balaban J connectivity index is 1.74. The lowest BCUT2D eigenvalue weighted by molar-refractivity contribution is -0.142. The molecule has 0 saturated carbocycles. The van der Waals surface area contributed by atoms with Gasteiger partial charge >= 0.3 is 0 Å². The molecule has 0 bridgehead atoms. The number of piperidine rings is 1. The second-order valence-electron chi connectivity index (χ2n) is 7.49. The van der Waals surface area contributed by atoms with E-state index in [-0.39, 0.29) is 12.2 Å². The highest BCUT2D eigenvalue weighted by Gasteiger charge is 2.52. The van der Waals surface area contributed by atoms with Crippen molar-refractivity contribution >= 4 is 47.4 Å². The van der Waals surface area contributed by atoms with Gasteiger partial charge in [0.25, 0.3) is 0 Å². The van der Waals surface area contributed by atoms with E-state index in [1.165, 1.54) is 15.6 Å². The summed E-state index contributed by atoms with van der Waals surface area (Å²) in [6, 6.07) is 16.3. The van der Waals surface area contributed by atoms with Crippen LogP contribution < -0.4 is 4.74 Å². The topological polar surface area (TPSA) is 55.8 Å². The first-order valence-electron chi connectivity index (χ1n) is 10.0. The Hall–Kier alpha value is -2.32. The number of ether oxygens (including phenoxy) is 2. The third kappa shape index (κ3) is 4.06. The molecule has 2 atom stereocenters. The number of nitrogens with zero attached hydrogens (tertiary/aromatic N) is 1. The maximum Gasteiger partial charge on any atom is 0.248 e. The molecular weight excluding hydrogens is 466 g/mol. The second-order valence-corrected chi connectivity index (χ2v) is 9.07. The van der Waals surface area contributed by atoms with Crippen molar-refractivity contribution in [2.24, 2.45) is 0 Å². The van der Waals surface area contributed by atoms with E-state index in [1.54, 1.807) is 31.4 Å². The van der Waals surface area contributed by atoms with Gasteiger partial charge in [0.05, 0.1) is 6.61 Å². The maximum atomic E-state index is 13.5. The summed E-state index contributed by atoms with van der Waals surface area (Å²) < 4.78 is 12.1. The van der Waals surface area contributed by atoms with Gasteiger partial charge in [-0.2, -0.15) is 11.3 Å². The van der Waals surface area contributed by atoms with Gasteiger partial charge in [-0.15, -0.1) is 0 Å². The molecule has 1 saturated heterocycles. The predicted molar refractivity (Wildman–Crippen MR) is 129 cm³/mol. The molecule has 0 N–H and O–H groups in total. The molecule has 3 aromatic rings. The van der Waals surface area contributed by atoms with E-state index in [4.69, 9.17) is 21.1 Å². The fraction of sp³-hybridized carbons (Fsp3) is 0.250. The van der Waals surface area contributed by atoms with Gasteiger partial charge in [0, 0.05) is 18.6 Å². The number of amides is 1. The molecular formula is C24H22ClNO4S2. The Labute approximate surface area is 201 Å². The van der Waals surface area contributed by atoms with Crippen LogP contribution in [0.5, 0.6) is 5.75 Å². The first kappa shape index (κ1) is 22.9. The molecule has 32 heavy (non-hydrogen) atoms. The minimum Gasteiger partial charge on any atom is -0.491 e. The molecule has 0 aliphatic carbocycles. The fourth-order valence-corrected chi connectivity index (χ4v) is 5.46. The largest absolute Gasteiger partial charge is 0.491 e. The summed E-state index contributed by atoms with van der Waals surface area (Å²) in [5.41, 5.74) is 1.10. The molecule has 5 nitrogen and oxygen atoms in total. The van der Waals surface area contributed by atoms with E-state index in [0.29, 0.717) is 29.5 Å². The van der Waals surface area contributed by atoms with Crippen LogP contribution in [0.15, 0.2) is 65.4 Å². The van der Waals surface area contributed by atoms with Crippen molar-refractivity contribution in [1.29, 1.82) is 0 Å². The Bertz CT molecular complexity index is 1100. The van der Waals surface area contributed by atoms with Crippen molar-refractivity contribution in [3.63, 3.8) is 0 Å². The summed E-state index contributed by atoms with van der Waals surface area (Å²) in [4.78, 5) is 27.0. The number of hydrogen-bond donors (Lipinski definition) is 1. The molecule has 166 valence electrons. The summed E-state index contributed by atoms with van der Waals surface area (Å²) in [6.07, 6.45) is 0.0821. The average Bonchev–Trinajstić information content (AvgIpc) is 3.34. The minimum absolute atomic E-state index is 0.0821. The van der Waals surface area contributed by atoms with Crippen molar-refractivity contribution in [1.82, 2.24) is 4.31 Å². The van der Waals surface area contributed by atoms with E-state index in [1.807, 2.05) is 41.1 Å². The molecule has 2 unspecified atom stereocenters. The van der Waals surface area contributed by atoms with E-state index >= 15 is 0 Å². The molecule has 1 amide bonds. The number of ketones is 1. The number of carbonyl (C=O) groups is 2. The molecule has 1 aliphatic rings. The Kier molecular flexibility index (Phi) is 6.90. The van der Waals surface area contributed by atoms with Crippen molar-refractivity contribution in [3.05, 3.63) is 87.1 Å². The van der Waals surface area contributed by atoms with Gasteiger partial charge in [0.1, 0.15) is 23.8 Å². The van der Waals surface area contributed by atoms with Crippen LogP contribution in [0.1, 0.15) is 29.0 Å². The molecule has 1 aliphatic heterocycles. The van der Waals surface area contributed by atoms with Crippen LogP contribution in [0.3, 0.4) is 0 Å². The zero-order valence-corrected chi connectivity index (χ0v) is 19.8. The van der Waals surface area contributed by atoms with Crippen LogP contribution in [0.25, 0.3) is 0 Å². The van der Waals surface area contributed by atoms with E-state index < -0.39 is 17.4 Å². The van der Waals surface area contributed by atoms with Crippen molar-refractivity contribution in [2.75, 3.05) is 20.3 Å². The minimum atomic E-state index is -1.03. The second kappa shape index (κ2) is 9.67. The van der Waals surface area contributed by atoms with E-state index in [9.17, 15) is 9.59 Å². The summed E-state index contributed by atoms with van der Waals surface area (Å²) in [5, 5.41) is 4.26. The normalized spacial score (nSPS) is 21.1. The van der Waals surface area contributed by atoms with Crippen molar-refractivity contribution in [3.8, 4) is 5.75 Å². The third-order valence-electron chi connectivity index (χ3n) is 5.67. The highest BCUT2D eigenvalue weighted by molar-refractivity contribution is 7.78. The molecule has 0 spiro atoms. The van der Waals surface area contributed by atoms with Crippen LogP contribution in [-0.2, 0) is 19.9 Å². The first-order chi connectivity index (χ1) is 15.5. The lowest BCUT2D eigenvalue weighted by Gasteiger charge is -2.46. The summed E-state index contributed by atoms with van der Waals surface area (Å²) >= 11 is 12.5. The number of carbonyl (C=O) groups excluding carboxylic acids is 2.